The first-order chi connectivity index (χ1) is 24.7. The number of aryl methyl sites for hydroxylation is 1. The number of hydrogen-bond acceptors (Lipinski definition) is 3. The van der Waals surface area contributed by atoms with E-state index in [2.05, 4.69) is 175 Å². The number of hydrogen-bond donors (Lipinski definition) is 1. The van der Waals surface area contributed by atoms with E-state index >= 15 is 0 Å². The van der Waals surface area contributed by atoms with Crippen LogP contribution in [0.25, 0.3) is 55.4 Å². The van der Waals surface area contributed by atoms with Gasteiger partial charge in [-0.05, 0) is 76.4 Å². The Hall–Kier alpha value is -5.71. The molecule has 240 valence electrons. The van der Waals surface area contributed by atoms with E-state index in [4.69, 9.17) is 4.42 Å². The fraction of sp³-hybridized carbons (Fsp3) is 0.0870. The number of para-hydroxylation sites is 1. The Kier molecular flexibility index (Phi) is 6.85. The van der Waals surface area contributed by atoms with Gasteiger partial charge in [-0.3, -0.25) is 0 Å². The lowest BCUT2D eigenvalue weighted by Crippen LogP contribution is -2.17. The van der Waals surface area contributed by atoms with E-state index in [-0.39, 0.29) is 11.3 Å². The van der Waals surface area contributed by atoms with E-state index in [1.165, 1.54) is 71.2 Å². The van der Waals surface area contributed by atoms with Gasteiger partial charge in [-0.2, -0.15) is 0 Å². The summed E-state index contributed by atoms with van der Waals surface area (Å²) < 4.78 is 9.03. The minimum atomic E-state index is 0.120. The van der Waals surface area contributed by atoms with Gasteiger partial charge in [0, 0.05) is 50.7 Å². The number of nitrogens with zero attached hydrogens (tertiary/aromatic N) is 1. The average molecular weight is 663 g/mol. The number of thioether (sulfide) groups is 1. The second kappa shape index (κ2) is 11.7. The maximum Gasteiger partial charge on any atom is 0.134 e. The molecule has 6 aromatic carbocycles. The van der Waals surface area contributed by atoms with E-state index in [9.17, 15) is 0 Å². The average Bonchev–Trinajstić information content (AvgIpc) is 3.85. The first-order valence-electron chi connectivity index (χ1n) is 17.3. The second-order valence-corrected chi connectivity index (χ2v) is 14.5. The van der Waals surface area contributed by atoms with Gasteiger partial charge in [-0.15, -0.1) is 0 Å². The van der Waals surface area contributed by atoms with Gasteiger partial charge < -0.3 is 14.3 Å². The highest BCUT2D eigenvalue weighted by atomic mass is 32.2. The van der Waals surface area contributed by atoms with E-state index in [1.807, 2.05) is 11.8 Å². The lowest BCUT2D eigenvalue weighted by atomic mass is 9.85. The molecule has 50 heavy (non-hydrogen) atoms. The zero-order valence-corrected chi connectivity index (χ0v) is 28.5. The fourth-order valence-electron chi connectivity index (χ4n) is 7.91. The van der Waals surface area contributed by atoms with Crippen LogP contribution in [0.4, 0.5) is 0 Å². The molecule has 1 aliphatic carbocycles. The van der Waals surface area contributed by atoms with Gasteiger partial charge in [-0.1, -0.05) is 133 Å². The van der Waals surface area contributed by atoms with Crippen LogP contribution in [0.3, 0.4) is 0 Å². The molecular formula is C46H34N2OS. The topological polar surface area (TPSA) is 30.1 Å². The van der Waals surface area contributed by atoms with Crippen LogP contribution in [0.15, 0.2) is 156 Å². The Labute approximate surface area is 295 Å². The Morgan fingerprint density at radius 2 is 1.40 bits per heavy atom. The number of furan rings is 1. The Morgan fingerprint density at radius 3 is 2.20 bits per heavy atom. The number of rotatable bonds is 5. The second-order valence-electron chi connectivity index (χ2n) is 13.4. The highest BCUT2D eigenvalue weighted by Crippen LogP contribution is 2.56. The lowest BCUT2D eigenvalue weighted by molar-refractivity contribution is 0.506. The van der Waals surface area contributed by atoms with Gasteiger partial charge in [0.25, 0.3) is 0 Å². The summed E-state index contributed by atoms with van der Waals surface area (Å²) in [6, 6.07) is 52.3. The number of allylic oxidation sites excluding steroid dienone is 1. The van der Waals surface area contributed by atoms with Crippen LogP contribution >= 0.6 is 11.8 Å². The molecule has 0 spiro atoms. The molecule has 3 nitrogen and oxygen atoms in total. The van der Waals surface area contributed by atoms with Crippen molar-refractivity contribution in [2.24, 2.45) is 0 Å². The quantitative estimate of drug-likeness (QED) is 0.199. The zero-order chi connectivity index (χ0) is 33.2. The van der Waals surface area contributed by atoms with Crippen LogP contribution in [0, 0.1) is 6.92 Å². The molecule has 8 aromatic rings. The maximum absolute atomic E-state index is 6.61. The predicted molar refractivity (Wildman–Crippen MR) is 210 cm³/mol. The molecule has 1 N–H and O–H groups in total. The normalized spacial score (nSPS) is 17.1. The minimum Gasteiger partial charge on any atom is -0.460 e. The fourth-order valence-corrected chi connectivity index (χ4v) is 9.26. The van der Waals surface area contributed by atoms with Gasteiger partial charge in [0.1, 0.15) is 16.7 Å². The first kappa shape index (κ1) is 29.2. The van der Waals surface area contributed by atoms with E-state index in [1.54, 1.807) is 0 Å². The van der Waals surface area contributed by atoms with Crippen molar-refractivity contribution >= 4 is 61.5 Å². The van der Waals surface area contributed by atoms with Gasteiger partial charge in [0.2, 0.25) is 0 Å². The highest BCUT2D eigenvalue weighted by Gasteiger charge is 2.38. The molecule has 2 unspecified atom stereocenters. The summed E-state index contributed by atoms with van der Waals surface area (Å²) in [4.78, 5) is 1.32. The number of nitrogens with one attached hydrogen (secondary N) is 1. The van der Waals surface area contributed by atoms with E-state index in [0.717, 1.165) is 23.5 Å². The molecule has 0 saturated heterocycles. The van der Waals surface area contributed by atoms with Crippen molar-refractivity contribution in [1.29, 1.82) is 0 Å². The predicted octanol–water partition coefficient (Wildman–Crippen LogP) is 12.2. The molecule has 0 amide bonds. The summed E-state index contributed by atoms with van der Waals surface area (Å²) >= 11 is 1.92. The van der Waals surface area contributed by atoms with Crippen molar-refractivity contribution in [3.63, 3.8) is 0 Å². The summed E-state index contributed by atoms with van der Waals surface area (Å²) in [5.74, 6) is 1.26. The summed E-state index contributed by atoms with van der Waals surface area (Å²) in [5, 5.41) is 9.05. The Balaban J connectivity index is 1.03. The van der Waals surface area contributed by atoms with Crippen molar-refractivity contribution in [2.75, 3.05) is 0 Å². The maximum atomic E-state index is 6.61. The van der Waals surface area contributed by atoms with Crippen LogP contribution in [0.1, 0.15) is 57.0 Å². The third-order valence-electron chi connectivity index (χ3n) is 10.4. The Morgan fingerprint density at radius 1 is 0.700 bits per heavy atom. The molecule has 3 heterocycles. The number of benzene rings is 6. The summed E-state index contributed by atoms with van der Waals surface area (Å²) in [6.07, 6.45) is 5.39. The largest absolute Gasteiger partial charge is 0.460 e. The first-order valence-corrected chi connectivity index (χ1v) is 18.2. The molecule has 0 radical (unpaired) electrons. The molecule has 2 aromatic heterocycles. The number of aromatic nitrogens is 1. The molecule has 4 heteroatoms. The van der Waals surface area contributed by atoms with Crippen molar-refractivity contribution in [1.82, 2.24) is 9.88 Å². The van der Waals surface area contributed by atoms with Crippen molar-refractivity contribution in [3.05, 3.63) is 191 Å². The van der Waals surface area contributed by atoms with E-state index < -0.39 is 0 Å². The summed E-state index contributed by atoms with van der Waals surface area (Å²) in [6.45, 7) is 2.25. The van der Waals surface area contributed by atoms with E-state index in [0.29, 0.717) is 0 Å². The lowest BCUT2D eigenvalue weighted by Gasteiger charge is -2.23. The third kappa shape index (κ3) is 4.74. The zero-order valence-electron chi connectivity index (χ0n) is 27.6. The molecule has 0 bridgehead atoms. The van der Waals surface area contributed by atoms with Crippen LogP contribution in [0.5, 0.6) is 0 Å². The molecule has 0 fully saturated rings. The molecule has 2 aliphatic rings. The van der Waals surface area contributed by atoms with Gasteiger partial charge >= 0.3 is 0 Å². The minimum absolute atomic E-state index is 0.120. The van der Waals surface area contributed by atoms with Gasteiger partial charge in [0.05, 0.1) is 5.52 Å². The van der Waals surface area contributed by atoms with Gasteiger partial charge in [0.15, 0.2) is 0 Å². The van der Waals surface area contributed by atoms with Crippen LogP contribution in [0.2, 0.25) is 0 Å². The SMILES string of the molecule is Cc1c(/C=C\c2ccccc2)n(-c2ccc(C3NC4=C(S3)c3c(oc5ccccc35)C(c3ccccc3)C4)cc2)c2cc3ccccc3cc12. The third-order valence-corrected chi connectivity index (χ3v) is 11.7. The standard InChI is InChI=1S/C46H34N2OS/c1-29-37-26-33-16-8-9-17-34(33)27-41(37)48(40(29)25-20-30-12-4-2-5-13-30)35-23-21-32(22-24-35)46-47-39-28-38(31-14-6-3-7-15-31)44-43(45(39)50-46)36-18-10-11-19-42(36)49-44/h2-27,38,46-47H,28H2,1H3/b25-20-. The van der Waals surface area contributed by atoms with Crippen LogP contribution in [-0.4, -0.2) is 4.57 Å². The molecule has 2 atom stereocenters. The summed E-state index contributed by atoms with van der Waals surface area (Å²) in [7, 11) is 0. The van der Waals surface area contributed by atoms with Gasteiger partial charge in [-0.25, -0.2) is 0 Å². The molecule has 1 aliphatic heterocycles. The molecule has 10 rings (SSSR count). The summed E-state index contributed by atoms with van der Waals surface area (Å²) in [5.41, 5.74) is 12.1. The molecule has 0 saturated carbocycles. The van der Waals surface area contributed by atoms with Crippen molar-refractivity contribution in [3.8, 4) is 5.69 Å². The highest BCUT2D eigenvalue weighted by molar-refractivity contribution is 8.08. The monoisotopic (exact) mass is 662 g/mol. The smallest absolute Gasteiger partial charge is 0.134 e. The Bertz CT molecular complexity index is 2630. The van der Waals surface area contributed by atoms with Crippen LogP contribution < -0.4 is 5.32 Å². The van der Waals surface area contributed by atoms with Crippen molar-refractivity contribution < 1.29 is 4.42 Å². The molecular weight excluding hydrogens is 629 g/mol. The van der Waals surface area contributed by atoms with Crippen LogP contribution in [-0.2, 0) is 0 Å². The van der Waals surface area contributed by atoms with Crippen molar-refractivity contribution in [2.45, 2.75) is 24.6 Å². The number of fused-ring (bicyclic) bond motifs is 6.